The van der Waals surface area contributed by atoms with Crippen LogP contribution >= 0.6 is 11.6 Å². The van der Waals surface area contributed by atoms with Crippen LogP contribution in [0.15, 0.2) is 65.3 Å². The molecule has 0 radical (unpaired) electrons. The summed E-state index contributed by atoms with van der Waals surface area (Å²) < 4.78 is 71.1. The van der Waals surface area contributed by atoms with E-state index in [2.05, 4.69) is 94.2 Å². The van der Waals surface area contributed by atoms with E-state index >= 15 is 0 Å². The molecule has 0 spiro atoms. The van der Waals surface area contributed by atoms with Gasteiger partial charge in [-0.3, -0.25) is 14.6 Å². The Bertz CT molecular complexity index is 2000. The molecule has 1 aromatic heterocycles. The Morgan fingerprint density at radius 2 is 1.38 bits per heavy atom. The van der Waals surface area contributed by atoms with Gasteiger partial charge in [-0.15, -0.1) is 0 Å². The van der Waals surface area contributed by atoms with E-state index in [-0.39, 0.29) is 32.7 Å². The number of carbonyl (C=O) groups is 2. The highest BCUT2D eigenvalue weighted by Gasteiger charge is 2.38. The Balaban J connectivity index is 1.79. The lowest BCUT2D eigenvalue weighted by Crippen LogP contribution is -2.41. The Hall–Kier alpha value is -3.33. The van der Waals surface area contributed by atoms with Crippen LogP contribution in [0.5, 0.6) is 0 Å². The van der Waals surface area contributed by atoms with Gasteiger partial charge in [-0.2, -0.15) is 17.5 Å². The van der Waals surface area contributed by atoms with Crippen molar-refractivity contribution < 1.29 is 35.8 Å². The van der Waals surface area contributed by atoms with E-state index in [1.807, 2.05) is 0 Å². The van der Waals surface area contributed by atoms with Crippen LogP contribution in [0, 0.1) is 11.8 Å². The minimum atomic E-state index is -4.72. The number of aromatic nitrogens is 1. The van der Waals surface area contributed by atoms with Crippen molar-refractivity contribution in [3.63, 3.8) is 0 Å². The summed E-state index contributed by atoms with van der Waals surface area (Å²) >= 11 is 5.69. The van der Waals surface area contributed by atoms with E-state index in [0.29, 0.717) is 48.9 Å². The van der Waals surface area contributed by atoms with E-state index in [0.717, 1.165) is 6.07 Å². The summed E-state index contributed by atoms with van der Waals surface area (Å²) in [7, 11) is -7.00. The Morgan fingerprint density at radius 3 is 1.93 bits per heavy atom. The standard InChI is InChI=1S/C40H53ClF3N3O5SSi2/c1-38(2,3)54(7,8)51-20-12-22-53(50,23-13-21-52-55(9,10)39(4,5)6)47-37(49)32-24-30(27-45-28-32)17-16-29-14-11-15-33(25-29)46-36(48)31-18-19-35(41)34(26-31)40(42,43)44/h11,14-15,18-19,24-28H,12-13,20-23H2,1-10H3,(H,46,48). The van der Waals surface area contributed by atoms with Crippen molar-refractivity contribution in [2.75, 3.05) is 30.0 Å². The molecular weight excluding hydrogens is 783 g/mol. The van der Waals surface area contributed by atoms with E-state index in [1.165, 1.54) is 24.5 Å². The molecule has 300 valence electrons. The van der Waals surface area contributed by atoms with Crippen LogP contribution in [-0.2, 0) is 24.8 Å². The van der Waals surface area contributed by atoms with E-state index < -0.39 is 54.9 Å². The number of hydrogen-bond donors (Lipinski definition) is 1. The topological polar surface area (TPSA) is 107 Å². The lowest BCUT2D eigenvalue weighted by molar-refractivity contribution is -0.137. The van der Waals surface area contributed by atoms with Crippen molar-refractivity contribution >= 4 is 55.5 Å². The van der Waals surface area contributed by atoms with Crippen LogP contribution in [-0.4, -0.2) is 62.4 Å². The highest BCUT2D eigenvalue weighted by Crippen LogP contribution is 2.38. The number of halogens is 4. The maximum atomic E-state index is 14.3. The molecule has 0 aliphatic carbocycles. The lowest BCUT2D eigenvalue weighted by Gasteiger charge is -2.36. The number of nitrogens with one attached hydrogen (secondary N) is 1. The van der Waals surface area contributed by atoms with Gasteiger partial charge in [-0.05, 0) is 91.6 Å². The summed E-state index contributed by atoms with van der Waals surface area (Å²) in [6.45, 7) is 22.5. The Kier molecular flexibility index (Phi) is 15.3. The van der Waals surface area contributed by atoms with Gasteiger partial charge in [0, 0.05) is 59.5 Å². The first-order chi connectivity index (χ1) is 25.2. The smallest absolute Gasteiger partial charge is 0.417 e. The number of benzene rings is 2. The number of pyridine rings is 1. The van der Waals surface area contributed by atoms with Crippen LogP contribution in [0.1, 0.15) is 91.8 Å². The van der Waals surface area contributed by atoms with Crippen LogP contribution in [0.25, 0.3) is 0 Å². The zero-order chi connectivity index (χ0) is 41.5. The molecule has 2 amide bonds. The van der Waals surface area contributed by atoms with Crippen molar-refractivity contribution in [3.05, 3.63) is 93.8 Å². The molecule has 55 heavy (non-hydrogen) atoms. The van der Waals surface area contributed by atoms with Gasteiger partial charge in [0.05, 0.1) is 25.9 Å². The second kappa shape index (κ2) is 18.3. The average molecular weight is 837 g/mol. The maximum Gasteiger partial charge on any atom is 0.417 e. The second-order valence-corrected chi connectivity index (χ2v) is 29.0. The normalized spacial score (nSPS) is 12.8. The van der Waals surface area contributed by atoms with Crippen LogP contribution in [0.4, 0.5) is 18.9 Å². The summed E-state index contributed by atoms with van der Waals surface area (Å²) in [5.41, 5.74) is -0.00183. The number of amides is 2. The molecule has 3 aromatic rings. The van der Waals surface area contributed by atoms with Crippen molar-refractivity contribution in [2.24, 2.45) is 4.36 Å². The first-order valence-corrected chi connectivity index (χ1v) is 26.1. The van der Waals surface area contributed by atoms with Gasteiger partial charge in [-0.25, -0.2) is 4.21 Å². The Labute approximate surface area is 331 Å². The third-order valence-corrected chi connectivity index (χ3v) is 21.8. The summed E-state index contributed by atoms with van der Waals surface area (Å²) in [6, 6.07) is 10.9. The fraction of sp³-hybridized carbons (Fsp3) is 0.475. The quantitative estimate of drug-likeness (QED) is 0.104. The van der Waals surface area contributed by atoms with Gasteiger partial charge in [0.1, 0.15) is 0 Å². The maximum absolute atomic E-state index is 14.3. The number of hydrogen-bond acceptors (Lipinski definition) is 6. The highest BCUT2D eigenvalue weighted by molar-refractivity contribution is 7.93. The van der Waals surface area contributed by atoms with Crippen molar-refractivity contribution in [3.8, 4) is 11.8 Å². The number of nitrogens with zero attached hydrogens (tertiary/aromatic N) is 2. The SMILES string of the molecule is CC(C)(C)[Si](C)(C)OCCCS(=O)(CCCO[Si](C)(C)C(C)(C)C)=NC(=O)c1cncc(C#Cc2cccc(NC(=O)c3ccc(Cl)c(C(F)(F)F)c3)c2)c1. The molecule has 8 nitrogen and oxygen atoms in total. The predicted molar refractivity (Wildman–Crippen MR) is 221 cm³/mol. The first kappa shape index (κ1) is 46.1. The van der Waals surface area contributed by atoms with Crippen LogP contribution in [0.3, 0.4) is 0 Å². The zero-order valence-electron chi connectivity index (χ0n) is 33.4. The minimum Gasteiger partial charge on any atom is -0.417 e. The molecule has 1 heterocycles. The largest absolute Gasteiger partial charge is 0.417 e. The Morgan fingerprint density at radius 1 is 0.818 bits per heavy atom. The number of alkyl halides is 3. The molecule has 0 bridgehead atoms. The van der Waals surface area contributed by atoms with Gasteiger partial charge in [0.15, 0.2) is 16.6 Å². The van der Waals surface area contributed by atoms with Gasteiger partial charge in [0.2, 0.25) is 0 Å². The molecule has 15 heteroatoms. The van der Waals surface area contributed by atoms with E-state index in [1.54, 1.807) is 24.3 Å². The molecule has 0 saturated heterocycles. The molecule has 1 N–H and O–H groups in total. The summed E-state index contributed by atoms with van der Waals surface area (Å²) in [6.07, 6.45) is -0.907. The zero-order valence-corrected chi connectivity index (χ0v) is 36.9. The van der Waals surface area contributed by atoms with Gasteiger partial charge >= 0.3 is 6.18 Å². The third-order valence-electron chi connectivity index (χ3n) is 9.99. The van der Waals surface area contributed by atoms with E-state index in [4.69, 9.17) is 20.5 Å². The third kappa shape index (κ3) is 13.7. The van der Waals surface area contributed by atoms with Gasteiger partial charge < -0.3 is 14.2 Å². The monoisotopic (exact) mass is 835 g/mol. The molecule has 3 rings (SSSR count). The average Bonchev–Trinajstić information content (AvgIpc) is 3.07. The van der Waals surface area contributed by atoms with Crippen LogP contribution in [0.2, 0.25) is 41.3 Å². The fourth-order valence-corrected chi connectivity index (χ4v) is 8.92. The number of anilines is 1. The second-order valence-electron chi connectivity index (χ2n) is 16.4. The summed E-state index contributed by atoms with van der Waals surface area (Å²) in [5, 5.41) is 2.13. The number of rotatable bonds is 13. The minimum absolute atomic E-state index is 0.0285. The molecule has 0 aliphatic heterocycles. The molecule has 0 unspecified atom stereocenters. The van der Waals surface area contributed by atoms with Gasteiger partial charge in [0.25, 0.3) is 11.8 Å². The molecule has 2 aromatic carbocycles. The van der Waals surface area contributed by atoms with Crippen molar-refractivity contribution in [2.45, 2.75) is 96.8 Å². The number of carbonyl (C=O) groups excluding carboxylic acids is 2. The summed E-state index contributed by atoms with van der Waals surface area (Å²) in [4.78, 5) is 30.4. The molecule has 0 atom stereocenters. The van der Waals surface area contributed by atoms with Gasteiger partial charge in [-0.1, -0.05) is 71.1 Å². The highest BCUT2D eigenvalue weighted by atomic mass is 35.5. The lowest BCUT2D eigenvalue weighted by atomic mass is 10.1. The first-order valence-electron chi connectivity index (χ1n) is 18.0. The molecule has 0 saturated carbocycles. The molecular formula is C40H53ClF3N3O5SSi2. The van der Waals surface area contributed by atoms with Crippen molar-refractivity contribution in [1.29, 1.82) is 0 Å². The van der Waals surface area contributed by atoms with Crippen LogP contribution < -0.4 is 5.32 Å². The summed E-state index contributed by atoms with van der Waals surface area (Å²) in [5.74, 6) is 4.89. The molecule has 0 aliphatic rings. The fourth-order valence-electron chi connectivity index (χ4n) is 4.59. The van der Waals surface area contributed by atoms with E-state index in [9.17, 15) is 27.0 Å². The van der Waals surface area contributed by atoms with Crippen molar-refractivity contribution in [1.82, 2.24) is 4.98 Å². The predicted octanol–water partition coefficient (Wildman–Crippen LogP) is 10.8. The molecule has 0 fully saturated rings.